The van der Waals surface area contributed by atoms with Crippen LogP contribution in [0.25, 0.3) is 0 Å². The third-order valence-corrected chi connectivity index (χ3v) is 3.06. The van der Waals surface area contributed by atoms with Crippen molar-refractivity contribution in [1.29, 1.82) is 0 Å². The summed E-state index contributed by atoms with van der Waals surface area (Å²) in [7, 11) is 1.49. The Morgan fingerprint density at radius 1 is 1.37 bits per heavy atom. The average molecular weight is 264 g/mol. The fourth-order valence-corrected chi connectivity index (χ4v) is 2.16. The van der Waals surface area contributed by atoms with Crippen molar-refractivity contribution in [3.8, 4) is 0 Å². The fourth-order valence-electron chi connectivity index (χ4n) is 2.16. The molecule has 1 aliphatic heterocycles. The summed E-state index contributed by atoms with van der Waals surface area (Å²) in [6.07, 6.45) is 0.0891. The summed E-state index contributed by atoms with van der Waals surface area (Å²) in [5.74, 6) is -2.22. The van der Waals surface area contributed by atoms with Crippen molar-refractivity contribution in [1.82, 2.24) is 5.32 Å². The Balaban J connectivity index is 2.36. The van der Waals surface area contributed by atoms with Gasteiger partial charge in [0.25, 0.3) is 11.7 Å². The second-order valence-corrected chi connectivity index (χ2v) is 4.33. The largest absolute Gasteiger partial charge is 0.359 e. The SMILES string of the molecule is CNC(=O)CCN1C(=O)C(=O)c2cc(F)cc(C)c21. The third-order valence-electron chi connectivity index (χ3n) is 3.06. The molecule has 0 aliphatic carbocycles. The van der Waals surface area contributed by atoms with Gasteiger partial charge < -0.3 is 10.2 Å². The average Bonchev–Trinajstić information content (AvgIpc) is 2.60. The second-order valence-electron chi connectivity index (χ2n) is 4.33. The van der Waals surface area contributed by atoms with Crippen LogP contribution in [0.1, 0.15) is 22.3 Å². The van der Waals surface area contributed by atoms with Crippen molar-refractivity contribution >= 4 is 23.3 Å². The van der Waals surface area contributed by atoms with Crippen molar-refractivity contribution in [3.05, 3.63) is 29.1 Å². The van der Waals surface area contributed by atoms with Crippen molar-refractivity contribution in [3.63, 3.8) is 0 Å². The summed E-state index contributed by atoms with van der Waals surface area (Å²) in [5, 5.41) is 2.44. The number of hydrogen-bond acceptors (Lipinski definition) is 3. The van der Waals surface area contributed by atoms with Gasteiger partial charge in [0, 0.05) is 20.0 Å². The summed E-state index contributed by atoms with van der Waals surface area (Å²) < 4.78 is 13.3. The topological polar surface area (TPSA) is 66.5 Å². The van der Waals surface area contributed by atoms with Crippen molar-refractivity contribution in [2.75, 3.05) is 18.5 Å². The van der Waals surface area contributed by atoms with Gasteiger partial charge in [0.2, 0.25) is 5.91 Å². The summed E-state index contributed by atoms with van der Waals surface area (Å²) in [6.45, 7) is 1.73. The first-order valence-electron chi connectivity index (χ1n) is 5.82. The number of halogens is 1. The van der Waals surface area contributed by atoms with Gasteiger partial charge in [-0.15, -0.1) is 0 Å². The molecule has 1 aromatic rings. The van der Waals surface area contributed by atoms with Crippen LogP contribution in [0.4, 0.5) is 10.1 Å². The molecule has 1 N–H and O–H groups in total. The number of carbonyl (C=O) groups is 3. The van der Waals surface area contributed by atoms with E-state index < -0.39 is 17.5 Å². The predicted octanol–water partition coefficient (Wildman–Crippen LogP) is 0.800. The van der Waals surface area contributed by atoms with Crippen LogP contribution in [0.15, 0.2) is 12.1 Å². The molecule has 0 bridgehead atoms. The molecule has 0 radical (unpaired) electrons. The number of fused-ring (bicyclic) bond motifs is 1. The smallest absolute Gasteiger partial charge is 0.299 e. The lowest BCUT2D eigenvalue weighted by molar-refractivity contribution is -0.120. The van der Waals surface area contributed by atoms with Gasteiger partial charge in [0.1, 0.15) is 5.82 Å². The molecule has 5 nitrogen and oxygen atoms in total. The van der Waals surface area contributed by atoms with Crippen molar-refractivity contribution in [2.45, 2.75) is 13.3 Å². The number of nitrogens with zero attached hydrogens (tertiary/aromatic N) is 1. The number of ketones is 1. The van der Waals surface area contributed by atoms with Crippen LogP contribution in [-0.4, -0.2) is 31.2 Å². The Morgan fingerprint density at radius 2 is 2.05 bits per heavy atom. The van der Waals surface area contributed by atoms with E-state index in [0.29, 0.717) is 11.3 Å². The molecule has 6 heteroatoms. The summed E-state index contributed by atoms with van der Waals surface area (Å²) in [4.78, 5) is 36.1. The van der Waals surface area contributed by atoms with E-state index in [4.69, 9.17) is 0 Å². The van der Waals surface area contributed by atoms with E-state index in [0.717, 1.165) is 6.07 Å². The molecule has 0 spiro atoms. The maximum atomic E-state index is 13.3. The minimum atomic E-state index is -0.727. The second kappa shape index (κ2) is 4.79. The van der Waals surface area contributed by atoms with E-state index >= 15 is 0 Å². The van der Waals surface area contributed by atoms with Crippen LogP contribution < -0.4 is 10.2 Å². The summed E-state index contributed by atoms with van der Waals surface area (Å²) >= 11 is 0. The molecule has 0 saturated carbocycles. The zero-order chi connectivity index (χ0) is 14.2. The van der Waals surface area contributed by atoms with Crippen LogP contribution >= 0.6 is 0 Å². The van der Waals surface area contributed by atoms with Gasteiger partial charge in [-0.05, 0) is 24.6 Å². The Hall–Kier alpha value is -2.24. The Bertz CT molecular complexity index is 583. The van der Waals surface area contributed by atoms with Gasteiger partial charge in [-0.2, -0.15) is 0 Å². The minimum Gasteiger partial charge on any atom is -0.359 e. The number of aryl methyl sites for hydroxylation is 1. The Morgan fingerprint density at radius 3 is 2.68 bits per heavy atom. The molecular formula is C13H13FN2O3. The van der Waals surface area contributed by atoms with Crippen LogP contribution in [0.5, 0.6) is 0 Å². The fraction of sp³-hybridized carbons (Fsp3) is 0.308. The maximum Gasteiger partial charge on any atom is 0.299 e. The third kappa shape index (κ3) is 2.21. The van der Waals surface area contributed by atoms with Crippen LogP contribution in [0, 0.1) is 12.7 Å². The molecule has 0 aromatic heterocycles. The number of anilines is 1. The van der Waals surface area contributed by atoms with Gasteiger partial charge in [0.15, 0.2) is 0 Å². The maximum absolute atomic E-state index is 13.3. The zero-order valence-electron chi connectivity index (χ0n) is 10.6. The predicted molar refractivity (Wildman–Crippen MR) is 66.5 cm³/mol. The van der Waals surface area contributed by atoms with Gasteiger partial charge in [-0.1, -0.05) is 0 Å². The highest BCUT2D eigenvalue weighted by atomic mass is 19.1. The van der Waals surface area contributed by atoms with Gasteiger partial charge in [0.05, 0.1) is 11.3 Å². The van der Waals surface area contributed by atoms with E-state index in [1.807, 2.05) is 0 Å². The highest BCUT2D eigenvalue weighted by molar-refractivity contribution is 6.52. The summed E-state index contributed by atoms with van der Waals surface area (Å²) in [6, 6.07) is 2.32. The normalized spacial score (nSPS) is 13.7. The number of rotatable bonds is 3. The van der Waals surface area contributed by atoms with Gasteiger partial charge in [-0.3, -0.25) is 14.4 Å². The molecule has 0 saturated heterocycles. The van der Waals surface area contributed by atoms with E-state index in [2.05, 4.69) is 5.32 Å². The van der Waals surface area contributed by atoms with Crippen LogP contribution in [0.2, 0.25) is 0 Å². The Kier molecular flexibility index (Phi) is 3.33. The number of benzene rings is 1. The molecule has 1 heterocycles. The van der Waals surface area contributed by atoms with Crippen molar-refractivity contribution < 1.29 is 18.8 Å². The molecule has 19 heavy (non-hydrogen) atoms. The Labute approximate surface area is 109 Å². The molecule has 1 aliphatic rings. The van der Waals surface area contributed by atoms with E-state index in [9.17, 15) is 18.8 Å². The first-order valence-corrected chi connectivity index (χ1v) is 5.82. The van der Waals surface area contributed by atoms with Crippen molar-refractivity contribution in [2.24, 2.45) is 0 Å². The van der Waals surface area contributed by atoms with E-state index in [-0.39, 0.29) is 24.4 Å². The first-order chi connectivity index (χ1) is 8.95. The number of Topliss-reactive ketones (excluding diaryl/α,β-unsaturated/α-hetero) is 1. The number of amides is 2. The summed E-state index contributed by atoms with van der Waals surface area (Å²) in [5.41, 5.74) is 0.978. The quantitative estimate of drug-likeness (QED) is 0.821. The molecule has 1 aromatic carbocycles. The van der Waals surface area contributed by atoms with E-state index in [1.54, 1.807) is 6.92 Å². The minimum absolute atomic E-state index is 0.0689. The van der Waals surface area contributed by atoms with Gasteiger partial charge in [-0.25, -0.2) is 4.39 Å². The lowest BCUT2D eigenvalue weighted by atomic mass is 10.1. The molecule has 0 fully saturated rings. The highest BCUT2D eigenvalue weighted by Gasteiger charge is 2.37. The van der Waals surface area contributed by atoms with Crippen LogP contribution in [0.3, 0.4) is 0 Å². The molecule has 2 rings (SSSR count). The zero-order valence-corrected chi connectivity index (χ0v) is 10.6. The molecule has 0 unspecified atom stereocenters. The number of hydrogen-bond donors (Lipinski definition) is 1. The standard InChI is InChI=1S/C13H13FN2O3/c1-7-5-8(14)6-9-11(7)16(13(19)12(9)18)4-3-10(17)15-2/h5-6H,3-4H2,1-2H3,(H,15,17). The number of carbonyl (C=O) groups excluding carboxylic acids is 3. The number of nitrogens with one attached hydrogen (secondary N) is 1. The molecule has 0 atom stereocenters. The monoisotopic (exact) mass is 264 g/mol. The van der Waals surface area contributed by atoms with Gasteiger partial charge >= 0.3 is 0 Å². The van der Waals surface area contributed by atoms with Crippen LogP contribution in [-0.2, 0) is 9.59 Å². The lowest BCUT2D eigenvalue weighted by Gasteiger charge is -2.17. The molecular weight excluding hydrogens is 251 g/mol. The highest BCUT2D eigenvalue weighted by Crippen LogP contribution is 2.33. The van der Waals surface area contributed by atoms with E-state index in [1.165, 1.54) is 18.0 Å². The first kappa shape index (κ1) is 13.2. The molecule has 2 amide bonds. The molecule has 100 valence electrons. The lowest BCUT2D eigenvalue weighted by Crippen LogP contribution is -2.33.